The normalized spacial score (nSPS) is 38.6. The quantitative estimate of drug-likeness (QED) is 0.561. The highest BCUT2D eigenvalue weighted by molar-refractivity contribution is 6.10. The second-order valence-electron chi connectivity index (χ2n) is 8.42. The number of ether oxygens (including phenoxy) is 2. The largest absolute Gasteiger partial charge is 0.463 e. The van der Waals surface area contributed by atoms with Crippen LogP contribution in [0.4, 0.5) is 0 Å². The second-order valence-corrected chi connectivity index (χ2v) is 8.42. The van der Waals surface area contributed by atoms with Crippen molar-refractivity contribution in [1.29, 1.82) is 0 Å². The van der Waals surface area contributed by atoms with E-state index in [0.29, 0.717) is 18.9 Å². The molecule has 1 aliphatic carbocycles. The lowest BCUT2D eigenvalue weighted by Gasteiger charge is -2.52. The molecule has 6 heteroatoms. The zero-order valence-corrected chi connectivity index (χ0v) is 15.9. The molecule has 4 unspecified atom stereocenters. The van der Waals surface area contributed by atoms with Gasteiger partial charge in [0.2, 0.25) is 0 Å². The van der Waals surface area contributed by atoms with Gasteiger partial charge in [0, 0.05) is 24.3 Å². The van der Waals surface area contributed by atoms with Gasteiger partial charge < -0.3 is 14.4 Å². The Balaban J connectivity index is 2.09. The number of piperidine rings is 1. The Hall–Kier alpha value is -1.43. The van der Waals surface area contributed by atoms with Gasteiger partial charge in [0.05, 0.1) is 6.61 Å². The Morgan fingerprint density at radius 1 is 1.32 bits per heavy atom. The Kier molecular flexibility index (Phi) is 4.26. The molecule has 0 aromatic rings. The van der Waals surface area contributed by atoms with Crippen LogP contribution < -0.4 is 0 Å². The lowest BCUT2D eigenvalue weighted by molar-refractivity contribution is -0.180. The summed E-state index contributed by atoms with van der Waals surface area (Å²) in [4.78, 5) is 39.5. The van der Waals surface area contributed by atoms with Crippen LogP contribution in [0.3, 0.4) is 0 Å². The predicted molar refractivity (Wildman–Crippen MR) is 90.5 cm³/mol. The lowest BCUT2D eigenvalue weighted by Crippen LogP contribution is -2.66. The maximum absolute atomic E-state index is 13.4. The van der Waals surface area contributed by atoms with Crippen molar-refractivity contribution in [2.75, 3.05) is 13.2 Å². The Morgan fingerprint density at radius 2 is 2.00 bits per heavy atom. The minimum Gasteiger partial charge on any atom is -0.463 e. The van der Waals surface area contributed by atoms with Gasteiger partial charge >= 0.3 is 5.97 Å². The van der Waals surface area contributed by atoms with E-state index in [1.165, 1.54) is 6.92 Å². The highest BCUT2D eigenvalue weighted by Gasteiger charge is 2.82. The number of likely N-dealkylation sites (tertiary alicyclic amines) is 1. The number of nitrogens with zero attached hydrogens (tertiary/aromatic N) is 1. The number of Topliss-reactive ketones (excluding diaryl/α,β-unsaturated/α-hetero) is 1. The lowest BCUT2D eigenvalue weighted by atomic mass is 9.58. The fourth-order valence-corrected chi connectivity index (χ4v) is 5.32. The van der Waals surface area contributed by atoms with E-state index in [1.54, 1.807) is 11.8 Å². The first-order valence-corrected chi connectivity index (χ1v) is 9.32. The summed E-state index contributed by atoms with van der Waals surface area (Å²) in [6.07, 6.45) is 2.93. The summed E-state index contributed by atoms with van der Waals surface area (Å²) < 4.78 is 11.7. The fourth-order valence-electron chi connectivity index (χ4n) is 5.32. The summed E-state index contributed by atoms with van der Waals surface area (Å²) >= 11 is 0. The van der Waals surface area contributed by atoms with Crippen LogP contribution in [0.1, 0.15) is 60.3 Å². The molecule has 4 atom stereocenters. The number of hydrogen-bond acceptors (Lipinski definition) is 5. The molecule has 0 aromatic heterocycles. The Morgan fingerprint density at radius 3 is 2.60 bits per heavy atom. The third-order valence-electron chi connectivity index (χ3n) is 6.50. The molecule has 3 aliphatic rings. The third-order valence-corrected chi connectivity index (χ3v) is 6.50. The molecular weight excluding hydrogens is 322 g/mol. The molecule has 1 amide bonds. The molecule has 1 saturated carbocycles. The van der Waals surface area contributed by atoms with Crippen LogP contribution in [0.2, 0.25) is 0 Å². The monoisotopic (exact) mass is 351 g/mol. The van der Waals surface area contributed by atoms with Crippen molar-refractivity contribution in [2.45, 2.75) is 71.6 Å². The number of carbonyl (C=O) groups excluding carboxylic acids is 3. The van der Waals surface area contributed by atoms with Crippen molar-refractivity contribution in [3.05, 3.63) is 0 Å². The first-order valence-electron chi connectivity index (χ1n) is 9.32. The van der Waals surface area contributed by atoms with Crippen LogP contribution in [0, 0.1) is 17.3 Å². The zero-order valence-electron chi connectivity index (χ0n) is 15.9. The molecule has 140 valence electrons. The molecule has 2 heterocycles. The SMILES string of the molecule is CCOC(=O)C12OC3(CC(C)CCC3C1(C)C)N(CCC(C)=O)C2=O. The van der Waals surface area contributed by atoms with E-state index in [9.17, 15) is 14.4 Å². The van der Waals surface area contributed by atoms with E-state index in [1.807, 2.05) is 13.8 Å². The van der Waals surface area contributed by atoms with Crippen molar-refractivity contribution >= 4 is 17.7 Å². The molecule has 3 rings (SSSR count). The van der Waals surface area contributed by atoms with Crippen LogP contribution in [-0.4, -0.2) is 47.0 Å². The number of amides is 1. The number of esters is 1. The molecule has 1 spiro atoms. The number of carbonyl (C=O) groups is 3. The summed E-state index contributed by atoms with van der Waals surface area (Å²) in [6, 6.07) is 0. The highest BCUT2D eigenvalue weighted by atomic mass is 16.6. The van der Waals surface area contributed by atoms with Crippen LogP contribution >= 0.6 is 0 Å². The molecular formula is C19H29NO5. The summed E-state index contributed by atoms with van der Waals surface area (Å²) in [7, 11) is 0. The van der Waals surface area contributed by atoms with E-state index >= 15 is 0 Å². The smallest absolute Gasteiger partial charge is 0.349 e. The second kappa shape index (κ2) is 5.79. The van der Waals surface area contributed by atoms with Crippen molar-refractivity contribution < 1.29 is 23.9 Å². The minimum atomic E-state index is -1.59. The molecule has 2 bridgehead atoms. The van der Waals surface area contributed by atoms with Crippen LogP contribution in [0.25, 0.3) is 0 Å². The number of fused-ring (bicyclic) bond motifs is 1. The molecule has 2 aliphatic heterocycles. The number of rotatable bonds is 5. The summed E-state index contributed by atoms with van der Waals surface area (Å²) in [5, 5.41) is 0. The van der Waals surface area contributed by atoms with Gasteiger partial charge in [-0.1, -0.05) is 27.2 Å². The molecule has 2 saturated heterocycles. The van der Waals surface area contributed by atoms with Crippen molar-refractivity contribution in [3.63, 3.8) is 0 Å². The minimum absolute atomic E-state index is 0.0248. The zero-order chi connectivity index (χ0) is 18.6. The third kappa shape index (κ3) is 2.22. The van der Waals surface area contributed by atoms with Gasteiger partial charge in [-0.3, -0.25) is 9.59 Å². The fraction of sp³-hybridized carbons (Fsp3) is 0.842. The highest BCUT2D eigenvalue weighted by Crippen LogP contribution is 2.67. The molecule has 0 radical (unpaired) electrons. The van der Waals surface area contributed by atoms with E-state index in [-0.39, 0.29) is 30.6 Å². The van der Waals surface area contributed by atoms with Gasteiger partial charge in [0.15, 0.2) is 0 Å². The van der Waals surface area contributed by atoms with Gasteiger partial charge in [0.1, 0.15) is 11.5 Å². The van der Waals surface area contributed by atoms with E-state index < -0.39 is 22.7 Å². The Bertz CT molecular complexity index is 615. The molecule has 3 fully saturated rings. The van der Waals surface area contributed by atoms with Gasteiger partial charge in [-0.25, -0.2) is 4.79 Å². The average molecular weight is 351 g/mol. The maximum atomic E-state index is 13.4. The van der Waals surface area contributed by atoms with Crippen LogP contribution in [0.15, 0.2) is 0 Å². The maximum Gasteiger partial charge on any atom is 0.349 e. The first-order chi connectivity index (χ1) is 11.6. The van der Waals surface area contributed by atoms with E-state index in [2.05, 4.69) is 6.92 Å². The average Bonchev–Trinajstić information content (AvgIpc) is 2.87. The summed E-state index contributed by atoms with van der Waals surface area (Å²) in [5.41, 5.74) is -3.02. The standard InChI is InChI=1S/C19H29NO5/c1-6-24-16(23)19-15(22)20(10-9-13(3)21)18(25-19)11-12(2)7-8-14(18)17(19,4)5/h12,14H,6-11H2,1-5H3. The van der Waals surface area contributed by atoms with Crippen LogP contribution in [0.5, 0.6) is 0 Å². The van der Waals surface area contributed by atoms with E-state index in [0.717, 1.165) is 12.8 Å². The van der Waals surface area contributed by atoms with Crippen molar-refractivity contribution in [1.82, 2.24) is 4.90 Å². The molecule has 25 heavy (non-hydrogen) atoms. The van der Waals surface area contributed by atoms with Crippen LogP contribution in [-0.2, 0) is 23.9 Å². The Labute approximate surface area is 149 Å². The molecule has 0 aromatic carbocycles. The van der Waals surface area contributed by atoms with Gasteiger partial charge in [-0.05, 0) is 32.6 Å². The van der Waals surface area contributed by atoms with Gasteiger partial charge in [-0.2, -0.15) is 0 Å². The van der Waals surface area contributed by atoms with Crippen molar-refractivity contribution in [3.8, 4) is 0 Å². The number of hydrogen-bond donors (Lipinski definition) is 0. The summed E-state index contributed by atoms with van der Waals surface area (Å²) in [6.45, 7) is 9.80. The predicted octanol–water partition coefficient (Wildman–Crippen LogP) is 2.30. The van der Waals surface area contributed by atoms with Crippen molar-refractivity contribution in [2.24, 2.45) is 17.3 Å². The van der Waals surface area contributed by atoms with E-state index in [4.69, 9.17) is 9.47 Å². The number of ketones is 1. The van der Waals surface area contributed by atoms with Gasteiger partial charge in [-0.15, -0.1) is 0 Å². The van der Waals surface area contributed by atoms with Gasteiger partial charge in [0.25, 0.3) is 11.5 Å². The molecule has 6 nitrogen and oxygen atoms in total. The molecule has 0 N–H and O–H groups in total. The first kappa shape index (κ1) is 18.4. The topological polar surface area (TPSA) is 72.9 Å². The summed E-state index contributed by atoms with van der Waals surface area (Å²) in [5.74, 6) is -0.433.